The summed E-state index contributed by atoms with van der Waals surface area (Å²) in [5.74, 6) is 0.796. The van der Waals surface area contributed by atoms with Gasteiger partial charge in [-0.25, -0.2) is 4.98 Å². The molecule has 4 nitrogen and oxygen atoms in total. The number of benzene rings is 2. The van der Waals surface area contributed by atoms with Crippen LogP contribution >= 0.6 is 23.6 Å². The molecule has 124 valence electrons. The highest BCUT2D eigenvalue weighted by Gasteiger charge is 2.18. The van der Waals surface area contributed by atoms with Gasteiger partial charge in [-0.3, -0.25) is 0 Å². The number of nitrogens with zero attached hydrogens (tertiary/aromatic N) is 2. The van der Waals surface area contributed by atoms with Crippen molar-refractivity contribution >= 4 is 44.6 Å². The molecule has 0 fully saturated rings. The Hall–Kier alpha value is -2.18. The highest BCUT2D eigenvalue weighted by atomic mass is 32.1. The lowest BCUT2D eigenvalue weighted by molar-refractivity contribution is 0.407. The summed E-state index contributed by atoms with van der Waals surface area (Å²) in [7, 11) is 3.63. The first-order chi connectivity index (χ1) is 11.6. The number of hydrogen-bond donors (Lipinski definition) is 1. The van der Waals surface area contributed by atoms with E-state index in [2.05, 4.69) is 18.3 Å². The van der Waals surface area contributed by atoms with E-state index in [4.69, 9.17) is 21.9 Å². The quantitative estimate of drug-likeness (QED) is 0.685. The maximum atomic E-state index is 5.55. The molecule has 1 N–H and O–H groups in total. The van der Waals surface area contributed by atoms with Gasteiger partial charge in [-0.15, -0.1) is 11.3 Å². The Labute approximate surface area is 151 Å². The van der Waals surface area contributed by atoms with E-state index in [9.17, 15) is 0 Å². The topological polar surface area (TPSA) is 37.4 Å². The third-order valence-corrected chi connectivity index (χ3v) is 5.49. The zero-order chi connectivity index (χ0) is 17.1. The summed E-state index contributed by atoms with van der Waals surface area (Å²) in [5.41, 5.74) is 1.94. The monoisotopic (exact) mass is 357 g/mol. The van der Waals surface area contributed by atoms with E-state index in [1.807, 2.05) is 54.4 Å². The van der Waals surface area contributed by atoms with Crippen LogP contribution in [-0.4, -0.2) is 29.2 Å². The number of para-hydroxylation sites is 1. The van der Waals surface area contributed by atoms with Gasteiger partial charge in [-0.05, 0) is 43.4 Å². The van der Waals surface area contributed by atoms with E-state index < -0.39 is 0 Å². The molecule has 0 aliphatic rings. The van der Waals surface area contributed by atoms with Gasteiger partial charge in [0, 0.05) is 18.8 Å². The van der Waals surface area contributed by atoms with Crippen LogP contribution in [0.5, 0.6) is 5.75 Å². The van der Waals surface area contributed by atoms with Crippen LogP contribution in [0.2, 0.25) is 0 Å². The van der Waals surface area contributed by atoms with Crippen LogP contribution in [-0.2, 0) is 0 Å². The maximum Gasteiger partial charge on any atom is 0.173 e. The highest BCUT2D eigenvalue weighted by molar-refractivity contribution is 7.80. The van der Waals surface area contributed by atoms with Gasteiger partial charge in [-0.1, -0.05) is 18.2 Å². The Bertz CT molecular complexity index is 829. The van der Waals surface area contributed by atoms with Gasteiger partial charge in [0.15, 0.2) is 5.11 Å². The summed E-state index contributed by atoms with van der Waals surface area (Å²) < 4.78 is 6.44. The Morgan fingerprint density at radius 2 is 2.04 bits per heavy atom. The van der Waals surface area contributed by atoms with Crippen molar-refractivity contribution in [1.82, 2.24) is 9.88 Å². The molecule has 3 aromatic rings. The highest BCUT2D eigenvalue weighted by Crippen LogP contribution is 2.29. The normalized spacial score (nSPS) is 12.0. The number of nitrogens with one attached hydrogen (secondary N) is 1. The molecule has 24 heavy (non-hydrogen) atoms. The number of methoxy groups -OCH3 is 1. The predicted octanol–water partition coefficient (Wildman–Crippen LogP) is 4.69. The van der Waals surface area contributed by atoms with Crippen molar-refractivity contribution in [3.63, 3.8) is 0 Å². The van der Waals surface area contributed by atoms with Crippen LogP contribution < -0.4 is 10.1 Å². The van der Waals surface area contributed by atoms with Gasteiger partial charge < -0.3 is 15.0 Å². The summed E-state index contributed by atoms with van der Waals surface area (Å²) in [6.45, 7) is 2.11. The zero-order valence-corrected chi connectivity index (χ0v) is 15.4. The fourth-order valence-corrected chi connectivity index (χ4v) is 3.66. The number of ether oxygens (including phenoxy) is 1. The van der Waals surface area contributed by atoms with E-state index in [0.29, 0.717) is 5.11 Å². The third-order valence-electron chi connectivity index (χ3n) is 3.89. The first kappa shape index (κ1) is 16.7. The SMILES string of the molecule is COc1cccc(NC(=S)N(C)[C@@H](C)c2nc3ccccc3s2)c1. The second-order valence-electron chi connectivity index (χ2n) is 5.47. The Balaban J connectivity index is 1.74. The van der Waals surface area contributed by atoms with Crippen LogP contribution in [0.1, 0.15) is 18.0 Å². The van der Waals surface area contributed by atoms with Crippen molar-refractivity contribution in [3.05, 3.63) is 53.5 Å². The number of fused-ring (bicyclic) bond motifs is 1. The number of aromatic nitrogens is 1. The van der Waals surface area contributed by atoms with Crippen LogP contribution in [0.3, 0.4) is 0 Å². The number of anilines is 1. The minimum Gasteiger partial charge on any atom is -0.497 e. The van der Waals surface area contributed by atoms with E-state index in [0.717, 1.165) is 22.0 Å². The fourth-order valence-electron chi connectivity index (χ4n) is 2.32. The minimum absolute atomic E-state index is 0.0907. The number of thiocarbonyl (C=S) groups is 1. The Kier molecular flexibility index (Phi) is 4.97. The van der Waals surface area contributed by atoms with Crippen molar-refractivity contribution in [2.75, 3.05) is 19.5 Å². The lowest BCUT2D eigenvalue weighted by atomic mass is 10.3. The average molecular weight is 358 g/mol. The largest absolute Gasteiger partial charge is 0.497 e. The molecule has 1 atom stereocenters. The maximum absolute atomic E-state index is 5.55. The van der Waals surface area contributed by atoms with Crippen molar-refractivity contribution in [3.8, 4) is 5.75 Å². The zero-order valence-electron chi connectivity index (χ0n) is 13.8. The first-order valence-electron chi connectivity index (χ1n) is 7.62. The van der Waals surface area contributed by atoms with Crippen LogP contribution in [0.15, 0.2) is 48.5 Å². The standard InChI is InChI=1S/C18H19N3OS2/c1-12(17-20-15-9-4-5-10-16(15)24-17)21(2)18(23)19-13-7-6-8-14(11-13)22-3/h4-12H,1-3H3,(H,19,23)/t12-/m0/s1. The van der Waals surface area contributed by atoms with E-state index >= 15 is 0 Å². The Morgan fingerprint density at radius 3 is 2.79 bits per heavy atom. The van der Waals surface area contributed by atoms with Gasteiger partial charge in [0.2, 0.25) is 0 Å². The van der Waals surface area contributed by atoms with Gasteiger partial charge in [0.05, 0.1) is 23.4 Å². The lowest BCUT2D eigenvalue weighted by Gasteiger charge is -2.26. The number of thiazole rings is 1. The molecule has 1 aromatic heterocycles. The fraction of sp³-hybridized carbons (Fsp3) is 0.222. The van der Waals surface area contributed by atoms with Gasteiger partial charge in [0.25, 0.3) is 0 Å². The first-order valence-corrected chi connectivity index (χ1v) is 8.84. The predicted molar refractivity (Wildman–Crippen MR) is 105 cm³/mol. The van der Waals surface area contributed by atoms with E-state index in [-0.39, 0.29) is 6.04 Å². The molecule has 1 heterocycles. The van der Waals surface area contributed by atoms with Gasteiger partial charge in [-0.2, -0.15) is 0 Å². The number of rotatable bonds is 4. The van der Waals surface area contributed by atoms with Gasteiger partial charge >= 0.3 is 0 Å². The van der Waals surface area contributed by atoms with Crippen LogP contribution in [0.4, 0.5) is 5.69 Å². The second kappa shape index (κ2) is 7.15. The summed E-state index contributed by atoms with van der Waals surface area (Å²) in [6.07, 6.45) is 0. The average Bonchev–Trinajstić information content (AvgIpc) is 3.04. The molecule has 0 amide bonds. The number of hydrogen-bond acceptors (Lipinski definition) is 4. The summed E-state index contributed by atoms with van der Waals surface area (Å²) in [4.78, 5) is 6.74. The molecule has 0 bridgehead atoms. The third kappa shape index (κ3) is 3.49. The second-order valence-corrected chi connectivity index (χ2v) is 6.92. The van der Waals surface area contributed by atoms with Crippen molar-refractivity contribution < 1.29 is 4.74 Å². The molecule has 0 aliphatic heterocycles. The molecule has 0 radical (unpaired) electrons. The van der Waals surface area contributed by atoms with Crippen molar-refractivity contribution in [2.24, 2.45) is 0 Å². The molecule has 0 aliphatic carbocycles. The Morgan fingerprint density at radius 1 is 1.25 bits per heavy atom. The van der Waals surface area contributed by atoms with Crippen LogP contribution in [0.25, 0.3) is 10.2 Å². The summed E-state index contributed by atoms with van der Waals surface area (Å²) in [5, 5.41) is 4.95. The molecule has 0 unspecified atom stereocenters. The van der Waals surface area contributed by atoms with Gasteiger partial charge in [0.1, 0.15) is 10.8 Å². The summed E-state index contributed by atoms with van der Waals surface area (Å²) >= 11 is 7.25. The molecule has 0 saturated carbocycles. The lowest BCUT2D eigenvalue weighted by Crippen LogP contribution is -2.33. The van der Waals surface area contributed by atoms with E-state index in [1.54, 1.807) is 18.4 Å². The molecule has 0 spiro atoms. The van der Waals surface area contributed by atoms with Crippen molar-refractivity contribution in [2.45, 2.75) is 13.0 Å². The molecule has 6 heteroatoms. The van der Waals surface area contributed by atoms with E-state index in [1.165, 1.54) is 4.70 Å². The smallest absolute Gasteiger partial charge is 0.173 e. The molecule has 2 aromatic carbocycles. The minimum atomic E-state index is 0.0907. The summed E-state index contributed by atoms with van der Waals surface area (Å²) in [6, 6.07) is 16.0. The molecule has 0 saturated heterocycles. The molecular weight excluding hydrogens is 338 g/mol. The molecular formula is C18H19N3OS2. The molecule has 3 rings (SSSR count). The van der Waals surface area contributed by atoms with Crippen LogP contribution in [0, 0.1) is 0 Å². The van der Waals surface area contributed by atoms with Crippen molar-refractivity contribution in [1.29, 1.82) is 0 Å².